The number of aryl methyl sites for hydroxylation is 1. The Bertz CT molecular complexity index is 1470. The minimum atomic E-state index is -3.26. The standard InChI is InChI=1S/C30H33N3O6S/c1-40(37,38)27-14-4-20(5-15-27)3-2-16-33-25(17-24(30(33)36)18-28(34)35)19-39-26-12-10-22(11-13-26)21-6-8-23(9-7-21)29(31)32/h4-15,24-25H,2-3,16-19H2,1H3,(H3,31,32)(H,34,35)/t24-,25-/m0/s1. The lowest BCUT2D eigenvalue weighted by Crippen LogP contribution is -2.38. The number of carboxylic acid groups (broad SMARTS) is 1. The monoisotopic (exact) mass is 563 g/mol. The van der Waals surface area contributed by atoms with Crippen LogP contribution in [0.15, 0.2) is 77.7 Å². The average Bonchev–Trinajstić information content (AvgIpc) is 3.21. The van der Waals surface area contributed by atoms with Crippen LogP contribution in [-0.2, 0) is 25.8 Å². The van der Waals surface area contributed by atoms with Gasteiger partial charge in [-0.25, -0.2) is 8.42 Å². The number of nitrogen functional groups attached to an aromatic ring is 1. The predicted molar refractivity (Wildman–Crippen MR) is 152 cm³/mol. The number of carbonyl (C=O) groups excluding carboxylic acids is 1. The van der Waals surface area contributed by atoms with Crippen molar-refractivity contribution in [1.29, 1.82) is 5.41 Å². The molecule has 4 rings (SSSR count). The molecule has 0 spiro atoms. The van der Waals surface area contributed by atoms with Gasteiger partial charge < -0.3 is 20.5 Å². The summed E-state index contributed by atoms with van der Waals surface area (Å²) in [6.45, 7) is 0.698. The fourth-order valence-corrected chi connectivity index (χ4v) is 5.57. The molecule has 4 N–H and O–H groups in total. The summed E-state index contributed by atoms with van der Waals surface area (Å²) < 4.78 is 29.4. The van der Waals surface area contributed by atoms with Crippen molar-refractivity contribution >= 4 is 27.5 Å². The quantitative estimate of drug-likeness (QED) is 0.224. The molecule has 3 aromatic carbocycles. The number of sulfone groups is 1. The number of nitrogens with one attached hydrogen (secondary N) is 1. The van der Waals surface area contributed by atoms with Gasteiger partial charge in [0, 0.05) is 18.4 Å². The highest BCUT2D eigenvalue weighted by atomic mass is 32.2. The molecule has 210 valence electrons. The van der Waals surface area contributed by atoms with E-state index >= 15 is 0 Å². The molecule has 2 atom stereocenters. The number of aliphatic carboxylic acids is 1. The molecular formula is C30H33N3O6S. The summed E-state index contributed by atoms with van der Waals surface area (Å²) in [5.74, 6) is -1.10. The minimum absolute atomic E-state index is 0.0172. The van der Waals surface area contributed by atoms with Crippen molar-refractivity contribution in [2.24, 2.45) is 11.7 Å². The number of amides is 1. The fraction of sp³-hybridized carbons (Fsp3) is 0.300. The van der Waals surface area contributed by atoms with Gasteiger partial charge in [0.1, 0.15) is 18.2 Å². The van der Waals surface area contributed by atoms with Crippen molar-refractivity contribution in [3.05, 3.63) is 83.9 Å². The molecular weight excluding hydrogens is 530 g/mol. The highest BCUT2D eigenvalue weighted by Gasteiger charge is 2.40. The van der Waals surface area contributed by atoms with Gasteiger partial charge in [-0.2, -0.15) is 0 Å². The Hall–Kier alpha value is -4.18. The highest BCUT2D eigenvalue weighted by molar-refractivity contribution is 7.90. The number of rotatable bonds is 12. The van der Waals surface area contributed by atoms with E-state index in [9.17, 15) is 23.1 Å². The van der Waals surface area contributed by atoms with Crippen molar-refractivity contribution in [3.8, 4) is 16.9 Å². The first kappa shape index (κ1) is 28.8. The number of likely N-dealkylation sites (tertiary alicyclic amines) is 1. The maximum absolute atomic E-state index is 13.0. The first-order valence-electron chi connectivity index (χ1n) is 13.0. The van der Waals surface area contributed by atoms with Crippen LogP contribution in [0.25, 0.3) is 11.1 Å². The molecule has 40 heavy (non-hydrogen) atoms. The zero-order valence-electron chi connectivity index (χ0n) is 22.2. The third-order valence-electron chi connectivity index (χ3n) is 7.09. The van der Waals surface area contributed by atoms with Crippen molar-refractivity contribution in [3.63, 3.8) is 0 Å². The first-order chi connectivity index (χ1) is 19.0. The maximum Gasteiger partial charge on any atom is 0.304 e. The number of hydrogen-bond acceptors (Lipinski definition) is 6. The van der Waals surface area contributed by atoms with Crippen molar-refractivity contribution in [1.82, 2.24) is 4.90 Å². The second-order valence-corrected chi connectivity index (χ2v) is 12.1. The fourth-order valence-electron chi connectivity index (χ4n) is 4.94. The maximum atomic E-state index is 13.0. The van der Waals surface area contributed by atoms with E-state index in [4.69, 9.17) is 15.9 Å². The SMILES string of the molecule is CS(=O)(=O)c1ccc(CCCN2C(=O)[C@H](CC(=O)O)C[C@H]2COc2ccc(-c3ccc(C(=N)N)cc3)cc2)cc1. The number of nitrogens with zero attached hydrogens (tertiary/aromatic N) is 1. The van der Waals surface area contributed by atoms with Gasteiger partial charge in [-0.05, 0) is 60.2 Å². The number of ether oxygens (including phenoxy) is 1. The number of carboxylic acids is 1. The van der Waals surface area contributed by atoms with Crippen LogP contribution < -0.4 is 10.5 Å². The van der Waals surface area contributed by atoms with Gasteiger partial charge in [0.25, 0.3) is 0 Å². The summed E-state index contributed by atoms with van der Waals surface area (Å²) in [6.07, 6.45) is 2.67. The van der Waals surface area contributed by atoms with Gasteiger partial charge in [-0.15, -0.1) is 0 Å². The van der Waals surface area contributed by atoms with Crippen LogP contribution in [0.1, 0.15) is 30.4 Å². The molecule has 0 aromatic heterocycles. The number of benzene rings is 3. The molecule has 1 aliphatic heterocycles. The largest absolute Gasteiger partial charge is 0.491 e. The molecule has 1 saturated heterocycles. The Kier molecular flexibility index (Phi) is 8.89. The normalized spacial score (nSPS) is 17.1. The third-order valence-corrected chi connectivity index (χ3v) is 8.22. The Labute approximate surface area is 234 Å². The molecule has 1 aliphatic rings. The topological polar surface area (TPSA) is 151 Å². The summed E-state index contributed by atoms with van der Waals surface area (Å²) in [6, 6.07) is 21.4. The smallest absolute Gasteiger partial charge is 0.304 e. The Morgan fingerprint density at radius 3 is 2.17 bits per heavy atom. The number of nitrogens with two attached hydrogens (primary N) is 1. The second kappa shape index (κ2) is 12.3. The Morgan fingerprint density at radius 1 is 1.02 bits per heavy atom. The summed E-state index contributed by atoms with van der Waals surface area (Å²) in [5.41, 5.74) is 9.10. The van der Waals surface area contributed by atoms with Crippen LogP contribution in [0, 0.1) is 11.3 Å². The van der Waals surface area contributed by atoms with E-state index in [0.717, 1.165) is 16.7 Å². The summed E-state index contributed by atoms with van der Waals surface area (Å²) in [5, 5.41) is 16.8. The van der Waals surface area contributed by atoms with E-state index in [1.54, 1.807) is 41.3 Å². The van der Waals surface area contributed by atoms with Crippen LogP contribution in [-0.4, -0.2) is 61.6 Å². The van der Waals surface area contributed by atoms with Crippen molar-refractivity contribution in [2.75, 3.05) is 19.4 Å². The van der Waals surface area contributed by atoms with Gasteiger partial charge in [0.2, 0.25) is 5.91 Å². The predicted octanol–water partition coefficient (Wildman–Crippen LogP) is 3.74. The zero-order chi connectivity index (χ0) is 28.9. The first-order valence-corrected chi connectivity index (χ1v) is 14.9. The average molecular weight is 564 g/mol. The summed E-state index contributed by atoms with van der Waals surface area (Å²) in [4.78, 5) is 26.4. The number of hydrogen-bond donors (Lipinski definition) is 3. The lowest BCUT2D eigenvalue weighted by molar-refractivity contribution is -0.142. The second-order valence-electron chi connectivity index (χ2n) is 10.1. The van der Waals surface area contributed by atoms with Crippen molar-refractivity contribution < 1.29 is 27.9 Å². The molecule has 0 aliphatic carbocycles. The van der Waals surface area contributed by atoms with E-state index in [1.807, 2.05) is 36.4 Å². The highest BCUT2D eigenvalue weighted by Crippen LogP contribution is 2.29. The van der Waals surface area contributed by atoms with Crippen LogP contribution in [0.3, 0.4) is 0 Å². The van der Waals surface area contributed by atoms with E-state index in [2.05, 4.69) is 0 Å². The number of amidine groups is 1. The van der Waals surface area contributed by atoms with E-state index in [0.29, 0.717) is 37.1 Å². The third kappa shape index (κ3) is 7.26. The van der Waals surface area contributed by atoms with Crippen LogP contribution >= 0.6 is 0 Å². The molecule has 0 unspecified atom stereocenters. The van der Waals surface area contributed by atoms with Gasteiger partial charge in [0.15, 0.2) is 9.84 Å². The van der Waals surface area contributed by atoms with Gasteiger partial charge in [-0.3, -0.25) is 15.0 Å². The molecule has 3 aromatic rings. The van der Waals surface area contributed by atoms with Crippen molar-refractivity contribution in [2.45, 2.75) is 36.6 Å². The van der Waals surface area contributed by atoms with Crippen LogP contribution in [0.4, 0.5) is 0 Å². The molecule has 0 saturated carbocycles. The Balaban J connectivity index is 1.37. The van der Waals surface area contributed by atoms with E-state index in [1.165, 1.54) is 6.26 Å². The van der Waals surface area contributed by atoms with E-state index in [-0.39, 0.29) is 35.7 Å². The Morgan fingerprint density at radius 2 is 1.62 bits per heavy atom. The van der Waals surface area contributed by atoms with Crippen LogP contribution in [0.2, 0.25) is 0 Å². The molecule has 0 radical (unpaired) electrons. The zero-order valence-corrected chi connectivity index (χ0v) is 23.1. The summed E-state index contributed by atoms with van der Waals surface area (Å²) >= 11 is 0. The molecule has 1 fully saturated rings. The van der Waals surface area contributed by atoms with Gasteiger partial charge in [-0.1, -0.05) is 48.5 Å². The van der Waals surface area contributed by atoms with Crippen LogP contribution in [0.5, 0.6) is 5.75 Å². The van der Waals surface area contributed by atoms with E-state index < -0.39 is 21.7 Å². The minimum Gasteiger partial charge on any atom is -0.491 e. The molecule has 10 heteroatoms. The molecule has 1 amide bonds. The van der Waals surface area contributed by atoms with Gasteiger partial charge >= 0.3 is 5.97 Å². The lowest BCUT2D eigenvalue weighted by atomic mass is 10.0. The molecule has 0 bridgehead atoms. The molecule has 9 nitrogen and oxygen atoms in total. The lowest BCUT2D eigenvalue weighted by Gasteiger charge is -2.25. The molecule has 1 heterocycles. The number of carbonyl (C=O) groups is 2. The summed E-state index contributed by atoms with van der Waals surface area (Å²) in [7, 11) is -3.26. The van der Waals surface area contributed by atoms with Gasteiger partial charge in [0.05, 0.1) is 23.3 Å².